The van der Waals surface area contributed by atoms with Gasteiger partial charge in [-0.15, -0.1) is 0 Å². The van der Waals surface area contributed by atoms with E-state index in [1.54, 1.807) is 0 Å². The van der Waals surface area contributed by atoms with E-state index in [1.807, 2.05) is 0 Å². The lowest BCUT2D eigenvalue weighted by Gasteiger charge is -2.64. The maximum atomic E-state index is 11.8. The topological polar surface area (TPSA) is 104 Å². The summed E-state index contributed by atoms with van der Waals surface area (Å²) >= 11 is 0. The molecule has 33 heavy (non-hydrogen) atoms. The second kappa shape index (κ2) is 8.47. The Hall–Kier alpha value is -1.21. The van der Waals surface area contributed by atoms with Crippen LogP contribution < -0.4 is 5.69 Å². The molecule has 7 nitrogen and oxygen atoms in total. The van der Waals surface area contributed by atoms with Gasteiger partial charge in [-0.05, 0) is 114 Å². The van der Waals surface area contributed by atoms with E-state index in [9.17, 15) is 15.0 Å². The van der Waals surface area contributed by atoms with Crippen molar-refractivity contribution in [2.75, 3.05) is 0 Å². The van der Waals surface area contributed by atoms with E-state index in [4.69, 9.17) is 0 Å². The lowest BCUT2D eigenvalue weighted by molar-refractivity contribution is -0.203. The van der Waals surface area contributed by atoms with E-state index in [1.165, 1.54) is 30.4 Å². The normalized spacial score (nSPS) is 48.1. The molecule has 4 saturated carbocycles. The van der Waals surface area contributed by atoms with Gasteiger partial charge in [-0.2, -0.15) is 4.68 Å². The maximum absolute atomic E-state index is 11.8. The van der Waals surface area contributed by atoms with Crippen molar-refractivity contribution in [3.8, 4) is 0 Å². The molecule has 0 bridgehead atoms. The Morgan fingerprint density at radius 2 is 1.82 bits per heavy atom. The minimum Gasteiger partial charge on any atom is -0.393 e. The van der Waals surface area contributed by atoms with Crippen LogP contribution in [-0.4, -0.2) is 42.6 Å². The number of hydrogen-bond acceptors (Lipinski definition) is 5. The van der Waals surface area contributed by atoms with Crippen LogP contribution in [0.25, 0.3) is 0 Å². The zero-order valence-corrected chi connectivity index (χ0v) is 20.9. The minimum absolute atomic E-state index is 0.191. The van der Waals surface area contributed by atoms with Gasteiger partial charge in [0.25, 0.3) is 0 Å². The first-order valence-electron chi connectivity index (χ1n) is 13.5. The Balaban J connectivity index is 1.38. The predicted octanol–water partition coefficient (Wildman–Crippen LogP) is 3.62. The van der Waals surface area contributed by atoms with Gasteiger partial charge in [0.2, 0.25) is 0 Å². The van der Waals surface area contributed by atoms with Crippen LogP contribution in [-0.2, 0) is 6.54 Å². The van der Waals surface area contributed by atoms with Crippen LogP contribution in [0, 0.1) is 52.3 Å². The summed E-state index contributed by atoms with van der Waals surface area (Å²) in [7, 11) is 0. The first-order valence-corrected chi connectivity index (χ1v) is 13.5. The van der Waals surface area contributed by atoms with Crippen molar-refractivity contribution in [3.05, 3.63) is 10.5 Å². The molecule has 0 aromatic carbocycles. The molecule has 4 aliphatic carbocycles. The average molecular weight is 461 g/mol. The number of hydrogen-bond donors (Lipinski definition) is 3. The highest BCUT2D eigenvalue weighted by Gasteiger charge is 2.64. The third kappa shape index (κ3) is 3.55. The number of tetrazole rings is 1. The summed E-state index contributed by atoms with van der Waals surface area (Å²) in [5.74, 6) is 3.43. The first-order chi connectivity index (χ1) is 15.7. The van der Waals surface area contributed by atoms with Crippen LogP contribution in [0.1, 0.15) is 85.5 Å². The minimum atomic E-state index is -0.240. The molecular formula is C26H44N4O3. The van der Waals surface area contributed by atoms with Gasteiger partial charge in [-0.3, -0.25) is 0 Å². The molecule has 0 spiro atoms. The number of aliphatic hydroxyl groups excluding tert-OH is 2. The summed E-state index contributed by atoms with van der Waals surface area (Å²) in [6, 6.07) is 0. The van der Waals surface area contributed by atoms with E-state index < -0.39 is 0 Å². The molecule has 1 aromatic heterocycles. The highest BCUT2D eigenvalue weighted by atomic mass is 16.3. The zero-order valence-electron chi connectivity index (χ0n) is 20.9. The van der Waals surface area contributed by atoms with Crippen LogP contribution >= 0.6 is 0 Å². The van der Waals surface area contributed by atoms with Crippen molar-refractivity contribution < 1.29 is 10.2 Å². The molecular weight excluding hydrogens is 416 g/mol. The van der Waals surface area contributed by atoms with Crippen molar-refractivity contribution >= 4 is 0 Å². The van der Waals surface area contributed by atoms with E-state index in [-0.39, 0.29) is 28.7 Å². The van der Waals surface area contributed by atoms with Crippen molar-refractivity contribution in [2.24, 2.45) is 52.3 Å². The molecule has 0 aliphatic heterocycles. The summed E-state index contributed by atoms with van der Waals surface area (Å²) in [6.45, 7) is 10.2. The molecule has 1 heterocycles. The summed E-state index contributed by atoms with van der Waals surface area (Å²) < 4.78 is 1.44. The largest absolute Gasteiger partial charge is 0.393 e. The third-order valence-corrected chi connectivity index (χ3v) is 11.5. The van der Waals surface area contributed by atoms with E-state index in [2.05, 4.69) is 43.2 Å². The fraction of sp³-hybridized carbons (Fsp3) is 0.962. The predicted molar refractivity (Wildman–Crippen MR) is 126 cm³/mol. The molecule has 1 unspecified atom stereocenters. The van der Waals surface area contributed by atoms with E-state index in [0.29, 0.717) is 48.0 Å². The quantitative estimate of drug-likeness (QED) is 0.623. The number of fused-ring (bicyclic) bond motifs is 5. The number of aromatic amines is 1. The average Bonchev–Trinajstić information content (AvgIpc) is 3.36. The Morgan fingerprint density at radius 1 is 1.09 bits per heavy atom. The highest BCUT2D eigenvalue weighted by molar-refractivity contribution is 5.13. The standard InChI is InChI=1S/C26H44N4O3/c1-5-17-21-14-16(31)8-11-26(21,4)20-9-12-25(3)18(6-7-19(25)22(20)23(17)32)15(2)10-13-30-24(33)27-28-29-30/h15-23,31-32H,5-14H2,1-4H3,(H,27,29,33)/t15-,16-,17-,18-,19+,20+,21?,22+,23-,25-,26-/m1/s1. The molecule has 4 fully saturated rings. The van der Waals surface area contributed by atoms with Crippen LogP contribution in [0.15, 0.2) is 4.79 Å². The molecule has 186 valence electrons. The summed E-state index contributed by atoms with van der Waals surface area (Å²) in [5.41, 5.74) is 0.282. The van der Waals surface area contributed by atoms with Gasteiger partial charge in [-0.25, -0.2) is 9.89 Å². The molecule has 11 atom stereocenters. The summed E-state index contributed by atoms with van der Waals surface area (Å²) in [5, 5.41) is 32.2. The number of H-pyrrole nitrogens is 1. The van der Waals surface area contributed by atoms with Crippen molar-refractivity contribution in [1.82, 2.24) is 20.2 Å². The van der Waals surface area contributed by atoms with Gasteiger partial charge < -0.3 is 10.2 Å². The summed E-state index contributed by atoms with van der Waals surface area (Å²) in [4.78, 5) is 11.8. The van der Waals surface area contributed by atoms with Crippen molar-refractivity contribution in [3.63, 3.8) is 0 Å². The molecule has 0 amide bonds. The van der Waals surface area contributed by atoms with Crippen LogP contribution in [0.2, 0.25) is 0 Å². The second-order valence-electron chi connectivity index (χ2n) is 12.6. The Labute approximate surface area is 197 Å². The SMILES string of the molecule is CC[C@@H]1C2C[C@H](O)CC[C@]2(C)[C@H]2CC[C@]3(C)[C@@H]([C@H](C)CCn4nn[nH]c4=O)CC[C@H]3[C@@H]2[C@@H]1O. The first kappa shape index (κ1) is 23.5. The molecule has 3 N–H and O–H groups in total. The van der Waals surface area contributed by atoms with Crippen molar-refractivity contribution in [1.29, 1.82) is 0 Å². The molecule has 0 radical (unpaired) electrons. The number of aromatic nitrogens is 4. The molecule has 1 aromatic rings. The molecule has 4 aliphatic rings. The maximum Gasteiger partial charge on any atom is 0.361 e. The Morgan fingerprint density at radius 3 is 2.52 bits per heavy atom. The highest BCUT2D eigenvalue weighted by Crippen LogP contribution is 2.69. The number of nitrogens with one attached hydrogen (secondary N) is 1. The zero-order chi connectivity index (χ0) is 23.5. The molecule has 0 saturated heterocycles. The van der Waals surface area contributed by atoms with Crippen LogP contribution in [0.4, 0.5) is 0 Å². The number of aryl methyl sites for hydroxylation is 1. The molecule has 7 heteroatoms. The number of aliphatic hydroxyl groups is 2. The van der Waals surface area contributed by atoms with Crippen LogP contribution in [0.5, 0.6) is 0 Å². The van der Waals surface area contributed by atoms with Gasteiger partial charge in [0.05, 0.1) is 12.2 Å². The van der Waals surface area contributed by atoms with Gasteiger partial charge in [0, 0.05) is 6.54 Å². The van der Waals surface area contributed by atoms with Gasteiger partial charge in [0.1, 0.15) is 0 Å². The van der Waals surface area contributed by atoms with Crippen LogP contribution in [0.3, 0.4) is 0 Å². The summed E-state index contributed by atoms with van der Waals surface area (Å²) in [6.07, 6.45) is 9.31. The Bertz CT molecular complexity index is 900. The van der Waals surface area contributed by atoms with Gasteiger partial charge in [0.15, 0.2) is 0 Å². The van der Waals surface area contributed by atoms with Gasteiger partial charge >= 0.3 is 5.69 Å². The fourth-order valence-corrected chi connectivity index (χ4v) is 9.82. The lowest BCUT2D eigenvalue weighted by Crippen LogP contribution is -2.62. The smallest absolute Gasteiger partial charge is 0.361 e. The van der Waals surface area contributed by atoms with Gasteiger partial charge in [-0.1, -0.05) is 34.1 Å². The number of nitrogens with zero attached hydrogens (tertiary/aromatic N) is 3. The lowest BCUT2D eigenvalue weighted by atomic mass is 9.41. The Kier molecular flexibility index (Phi) is 6.04. The van der Waals surface area contributed by atoms with Crippen molar-refractivity contribution in [2.45, 2.75) is 104 Å². The second-order valence-corrected chi connectivity index (χ2v) is 12.6. The van der Waals surface area contributed by atoms with E-state index >= 15 is 0 Å². The molecule has 5 rings (SSSR count). The third-order valence-electron chi connectivity index (χ3n) is 11.5. The fourth-order valence-electron chi connectivity index (χ4n) is 9.82. The number of rotatable bonds is 5. The van der Waals surface area contributed by atoms with E-state index in [0.717, 1.165) is 32.1 Å². The monoisotopic (exact) mass is 460 g/mol.